The monoisotopic (exact) mass is 383 g/mol. The van der Waals surface area contributed by atoms with Gasteiger partial charge in [-0.05, 0) is 24.1 Å². The summed E-state index contributed by atoms with van der Waals surface area (Å²) in [5, 5.41) is 9.27. The second kappa shape index (κ2) is 6.45. The molecule has 2 heterocycles. The van der Waals surface area contributed by atoms with E-state index in [1.54, 1.807) is 0 Å². The summed E-state index contributed by atoms with van der Waals surface area (Å²) < 4.78 is 40.0. The number of hydrogen-bond donors (Lipinski definition) is 2. The largest absolute Gasteiger partial charge is 0.477 e. The molecule has 0 amide bonds. The van der Waals surface area contributed by atoms with Gasteiger partial charge in [0.05, 0.1) is 17.5 Å². The highest BCUT2D eigenvalue weighted by Gasteiger charge is 2.32. The summed E-state index contributed by atoms with van der Waals surface area (Å²) in [7, 11) is 0. The van der Waals surface area contributed by atoms with Crippen LogP contribution in [0.4, 0.5) is 13.2 Å². The molecule has 3 aromatic rings. The van der Waals surface area contributed by atoms with Crippen LogP contribution in [0.25, 0.3) is 10.2 Å². The molecule has 0 saturated heterocycles. The molecule has 26 heavy (non-hydrogen) atoms. The van der Waals surface area contributed by atoms with Crippen molar-refractivity contribution in [2.75, 3.05) is 5.43 Å². The molecule has 0 fully saturated rings. The topological polar surface area (TPSA) is 84.2 Å². The van der Waals surface area contributed by atoms with Crippen molar-refractivity contribution in [2.45, 2.75) is 19.6 Å². The summed E-state index contributed by atoms with van der Waals surface area (Å²) in [5.41, 5.74) is 1.48. The minimum absolute atomic E-state index is 0.00441. The number of nitrogens with one attached hydrogen (secondary N) is 1. The Bertz CT molecular complexity index is 1060. The number of thiophene rings is 1. The van der Waals surface area contributed by atoms with Crippen molar-refractivity contribution in [1.29, 1.82) is 0 Å². The van der Waals surface area contributed by atoms with Crippen LogP contribution in [0.3, 0.4) is 0 Å². The molecule has 2 aromatic heterocycles. The van der Waals surface area contributed by atoms with Gasteiger partial charge in [-0.1, -0.05) is 18.2 Å². The Labute approximate surface area is 148 Å². The predicted molar refractivity (Wildman–Crippen MR) is 90.1 cm³/mol. The van der Waals surface area contributed by atoms with Crippen molar-refractivity contribution in [3.63, 3.8) is 0 Å². The maximum Gasteiger partial charge on any atom is 0.416 e. The normalized spacial score (nSPS) is 11.7. The van der Waals surface area contributed by atoms with Crippen molar-refractivity contribution < 1.29 is 23.1 Å². The average Bonchev–Trinajstić information content (AvgIpc) is 2.91. The number of rotatable bonds is 4. The first kappa shape index (κ1) is 17.9. The number of aromatic nitrogens is 2. The average molecular weight is 383 g/mol. The molecule has 0 bridgehead atoms. The lowest BCUT2D eigenvalue weighted by Gasteiger charge is -2.14. The van der Waals surface area contributed by atoms with E-state index in [9.17, 15) is 22.8 Å². The number of alkyl halides is 3. The molecule has 136 valence electrons. The molecule has 10 heteroatoms. The van der Waals surface area contributed by atoms with E-state index in [1.165, 1.54) is 25.1 Å². The zero-order chi connectivity index (χ0) is 19.1. The molecule has 3 rings (SSSR count). The minimum Gasteiger partial charge on any atom is -0.477 e. The number of aryl methyl sites for hydroxylation is 1. The smallest absolute Gasteiger partial charge is 0.416 e. The number of carboxylic acids is 1. The Morgan fingerprint density at radius 3 is 2.69 bits per heavy atom. The molecule has 0 radical (unpaired) electrons. The van der Waals surface area contributed by atoms with Gasteiger partial charge in [-0.25, -0.2) is 14.5 Å². The van der Waals surface area contributed by atoms with Crippen LogP contribution >= 0.6 is 11.3 Å². The van der Waals surface area contributed by atoms with E-state index in [0.29, 0.717) is 0 Å². The zero-order valence-corrected chi connectivity index (χ0v) is 14.1. The fourth-order valence-corrected chi connectivity index (χ4v) is 3.54. The van der Waals surface area contributed by atoms with E-state index in [2.05, 4.69) is 10.4 Å². The van der Waals surface area contributed by atoms with Gasteiger partial charge in [0.25, 0.3) is 5.56 Å². The molecule has 0 unspecified atom stereocenters. The van der Waals surface area contributed by atoms with Gasteiger partial charge in [-0.15, -0.1) is 11.3 Å². The Balaban J connectivity index is 1.96. The molecule has 0 atom stereocenters. The standard InChI is InChI=1S/C16H12F3N3O3S/c1-8-11-13(26-12(8)15(24)25)20-7-22(14(11)23)21-6-9-4-2-3-5-10(9)16(17,18)19/h2-5,7,21H,6H2,1H3,(H,24,25). The third-order valence-electron chi connectivity index (χ3n) is 3.81. The number of fused-ring (bicyclic) bond motifs is 1. The first-order valence-electron chi connectivity index (χ1n) is 7.33. The van der Waals surface area contributed by atoms with Gasteiger partial charge in [0.15, 0.2) is 0 Å². The maximum absolute atomic E-state index is 13.0. The van der Waals surface area contributed by atoms with Gasteiger partial charge in [-0.2, -0.15) is 13.2 Å². The lowest BCUT2D eigenvalue weighted by Crippen LogP contribution is -2.29. The second-order valence-corrected chi connectivity index (χ2v) is 6.45. The Morgan fingerprint density at radius 1 is 1.35 bits per heavy atom. The highest BCUT2D eigenvalue weighted by atomic mass is 32.1. The molecule has 0 aliphatic rings. The summed E-state index contributed by atoms with van der Waals surface area (Å²) in [6, 6.07) is 5.03. The van der Waals surface area contributed by atoms with E-state index in [4.69, 9.17) is 5.11 Å². The Morgan fingerprint density at radius 2 is 2.04 bits per heavy atom. The van der Waals surface area contributed by atoms with Crippen LogP contribution in [-0.2, 0) is 12.7 Å². The summed E-state index contributed by atoms with van der Waals surface area (Å²) in [5.74, 6) is -1.16. The van der Waals surface area contributed by atoms with Crippen molar-refractivity contribution in [3.05, 3.63) is 62.5 Å². The maximum atomic E-state index is 13.0. The van der Waals surface area contributed by atoms with Crippen molar-refractivity contribution in [2.24, 2.45) is 0 Å². The number of carboxylic acid groups (broad SMARTS) is 1. The number of benzene rings is 1. The van der Waals surface area contributed by atoms with E-state index in [0.717, 1.165) is 28.4 Å². The highest BCUT2D eigenvalue weighted by molar-refractivity contribution is 7.20. The minimum atomic E-state index is -4.51. The molecule has 0 spiro atoms. The van der Waals surface area contributed by atoms with Crippen LogP contribution in [0.5, 0.6) is 0 Å². The zero-order valence-electron chi connectivity index (χ0n) is 13.3. The van der Waals surface area contributed by atoms with Crippen LogP contribution in [0, 0.1) is 6.92 Å². The van der Waals surface area contributed by atoms with E-state index < -0.39 is 23.3 Å². The lowest BCUT2D eigenvalue weighted by atomic mass is 10.1. The van der Waals surface area contributed by atoms with Crippen molar-refractivity contribution in [1.82, 2.24) is 9.66 Å². The highest BCUT2D eigenvalue weighted by Crippen LogP contribution is 2.32. The summed E-state index contributed by atoms with van der Waals surface area (Å²) in [6.45, 7) is 1.24. The van der Waals surface area contributed by atoms with Crippen LogP contribution in [0.15, 0.2) is 35.4 Å². The van der Waals surface area contributed by atoms with Crippen molar-refractivity contribution in [3.8, 4) is 0 Å². The molecule has 0 aliphatic carbocycles. The number of nitrogens with zero attached hydrogens (tertiary/aromatic N) is 2. The summed E-state index contributed by atoms with van der Waals surface area (Å²) in [4.78, 5) is 28.0. The first-order chi connectivity index (χ1) is 12.2. The third kappa shape index (κ3) is 3.15. The van der Waals surface area contributed by atoms with Crippen LogP contribution in [0.2, 0.25) is 0 Å². The van der Waals surface area contributed by atoms with Gasteiger partial charge in [0.2, 0.25) is 0 Å². The summed E-state index contributed by atoms with van der Waals surface area (Å²) in [6.07, 6.45) is -3.38. The lowest BCUT2D eigenvalue weighted by molar-refractivity contribution is -0.138. The second-order valence-electron chi connectivity index (χ2n) is 5.45. The van der Waals surface area contributed by atoms with E-state index in [1.807, 2.05) is 0 Å². The quantitative estimate of drug-likeness (QED) is 0.723. The van der Waals surface area contributed by atoms with E-state index >= 15 is 0 Å². The molecular weight excluding hydrogens is 371 g/mol. The SMILES string of the molecule is Cc1c(C(=O)O)sc2ncn(NCc3ccccc3C(F)(F)F)c(=O)c12. The number of carbonyl (C=O) groups is 1. The summed E-state index contributed by atoms with van der Waals surface area (Å²) >= 11 is 0.875. The predicted octanol–water partition coefficient (Wildman–Crippen LogP) is 3.23. The van der Waals surface area contributed by atoms with Gasteiger partial charge in [-0.3, -0.25) is 4.79 Å². The number of aromatic carboxylic acids is 1. The Hall–Kier alpha value is -2.88. The van der Waals surface area contributed by atoms with Crippen molar-refractivity contribution >= 4 is 27.5 Å². The van der Waals surface area contributed by atoms with Crippen LogP contribution in [0.1, 0.15) is 26.4 Å². The molecule has 0 aliphatic heterocycles. The van der Waals surface area contributed by atoms with Gasteiger partial charge in [0, 0.05) is 0 Å². The molecule has 1 aromatic carbocycles. The third-order valence-corrected chi connectivity index (χ3v) is 5.00. The Kier molecular flexibility index (Phi) is 4.45. The molecule has 6 nitrogen and oxygen atoms in total. The molecular formula is C16H12F3N3O3S. The number of halogens is 3. The molecule has 2 N–H and O–H groups in total. The van der Waals surface area contributed by atoms with Crippen LogP contribution in [-0.4, -0.2) is 20.7 Å². The van der Waals surface area contributed by atoms with Crippen LogP contribution < -0.4 is 11.0 Å². The van der Waals surface area contributed by atoms with Gasteiger partial charge < -0.3 is 10.5 Å². The van der Waals surface area contributed by atoms with Gasteiger partial charge >= 0.3 is 12.1 Å². The van der Waals surface area contributed by atoms with E-state index in [-0.39, 0.29) is 32.8 Å². The fourth-order valence-electron chi connectivity index (χ4n) is 2.56. The fraction of sp³-hybridized carbons (Fsp3) is 0.188. The number of hydrogen-bond acceptors (Lipinski definition) is 5. The first-order valence-corrected chi connectivity index (χ1v) is 8.15. The molecule has 0 saturated carbocycles. The van der Waals surface area contributed by atoms with Gasteiger partial charge in [0.1, 0.15) is 16.0 Å².